The number of hydrogen-bond donors (Lipinski definition) is 2. The molecule has 18 heavy (non-hydrogen) atoms. The topological polar surface area (TPSA) is 41.1 Å². The minimum absolute atomic E-state index is 0.148. The summed E-state index contributed by atoms with van der Waals surface area (Å²) in [6, 6.07) is 8.65. The predicted molar refractivity (Wildman–Crippen MR) is 73.3 cm³/mol. The lowest BCUT2D eigenvalue weighted by molar-refractivity contribution is -0.121. The van der Waals surface area contributed by atoms with Gasteiger partial charge in [0.1, 0.15) is 0 Å². The van der Waals surface area contributed by atoms with Crippen LogP contribution < -0.4 is 10.6 Å². The van der Waals surface area contributed by atoms with Crippen molar-refractivity contribution >= 4 is 5.91 Å². The summed E-state index contributed by atoms with van der Waals surface area (Å²) in [6.07, 6.45) is 4.20. The first-order valence-corrected chi connectivity index (χ1v) is 6.79. The maximum Gasteiger partial charge on any atom is 0.221 e. The first-order chi connectivity index (χ1) is 8.74. The molecule has 1 aliphatic rings. The van der Waals surface area contributed by atoms with Gasteiger partial charge in [-0.25, -0.2) is 0 Å². The quantitative estimate of drug-likeness (QED) is 0.854. The molecule has 1 fully saturated rings. The zero-order valence-electron chi connectivity index (χ0n) is 11.0. The summed E-state index contributed by atoms with van der Waals surface area (Å²) >= 11 is 0. The van der Waals surface area contributed by atoms with Crippen molar-refractivity contribution in [2.45, 2.75) is 45.2 Å². The van der Waals surface area contributed by atoms with E-state index in [0.29, 0.717) is 19.0 Å². The summed E-state index contributed by atoms with van der Waals surface area (Å²) in [4.78, 5) is 11.8. The van der Waals surface area contributed by atoms with Gasteiger partial charge in [0.05, 0.1) is 0 Å². The highest BCUT2D eigenvalue weighted by Crippen LogP contribution is 2.10. The van der Waals surface area contributed by atoms with Crippen LogP contribution in [0.25, 0.3) is 0 Å². The minimum Gasteiger partial charge on any atom is -0.352 e. The first-order valence-electron chi connectivity index (χ1n) is 6.79. The lowest BCUT2D eigenvalue weighted by Gasteiger charge is -2.22. The fourth-order valence-electron chi connectivity index (χ4n) is 2.30. The van der Waals surface area contributed by atoms with Gasteiger partial charge in [0, 0.05) is 19.0 Å². The van der Waals surface area contributed by atoms with E-state index < -0.39 is 0 Å². The van der Waals surface area contributed by atoms with Crippen LogP contribution in [0.5, 0.6) is 0 Å². The van der Waals surface area contributed by atoms with Crippen molar-refractivity contribution in [1.82, 2.24) is 10.6 Å². The normalized spacial score (nSPS) is 19.5. The van der Waals surface area contributed by atoms with Crippen LogP contribution in [0.3, 0.4) is 0 Å². The van der Waals surface area contributed by atoms with E-state index in [2.05, 4.69) is 41.8 Å². The van der Waals surface area contributed by atoms with E-state index in [4.69, 9.17) is 0 Å². The smallest absolute Gasteiger partial charge is 0.221 e. The molecule has 0 aromatic heterocycles. The summed E-state index contributed by atoms with van der Waals surface area (Å²) in [6.45, 7) is 3.75. The molecule has 1 amide bonds. The van der Waals surface area contributed by atoms with Crippen molar-refractivity contribution < 1.29 is 4.79 Å². The SMILES string of the molecule is Cc1ccc(CNC(=O)CC2CCCCN2)cc1. The molecular weight excluding hydrogens is 224 g/mol. The van der Waals surface area contributed by atoms with Crippen LogP contribution in [0.15, 0.2) is 24.3 Å². The molecule has 0 aliphatic carbocycles. The van der Waals surface area contributed by atoms with Gasteiger partial charge in [-0.3, -0.25) is 4.79 Å². The number of amides is 1. The molecule has 0 radical (unpaired) electrons. The van der Waals surface area contributed by atoms with Gasteiger partial charge < -0.3 is 10.6 Å². The summed E-state index contributed by atoms with van der Waals surface area (Å²) in [5.74, 6) is 0.148. The molecule has 1 aromatic carbocycles. The van der Waals surface area contributed by atoms with E-state index in [9.17, 15) is 4.79 Å². The number of rotatable bonds is 4. The Morgan fingerprint density at radius 3 is 2.78 bits per heavy atom. The van der Waals surface area contributed by atoms with Gasteiger partial charge in [0.2, 0.25) is 5.91 Å². The van der Waals surface area contributed by atoms with E-state index in [-0.39, 0.29) is 5.91 Å². The largest absolute Gasteiger partial charge is 0.352 e. The molecule has 3 nitrogen and oxygen atoms in total. The highest BCUT2D eigenvalue weighted by atomic mass is 16.1. The molecule has 98 valence electrons. The highest BCUT2D eigenvalue weighted by Gasteiger charge is 2.15. The second-order valence-corrected chi connectivity index (χ2v) is 5.11. The van der Waals surface area contributed by atoms with Gasteiger partial charge in [0.25, 0.3) is 0 Å². The van der Waals surface area contributed by atoms with Gasteiger partial charge in [-0.2, -0.15) is 0 Å². The van der Waals surface area contributed by atoms with Gasteiger partial charge in [0.15, 0.2) is 0 Å². The molecule has 2 N–H and O–H groups in total. The Morgan fingerprint density at radius 1 is 1.33 bits per heavy atom. The average Bonchev–Trinajstić information content (AvgIpc) is 2.39. The molecule has 1 aliphatic heterocycles. The third kappa shape index (κ3) is 4.15. The van der Waals surface area contributed by atoms with Crippen LogP contribution >= 0.6 is 0 Å². The zero-order chi connectivity index (χ0) is 12.8. The summed E-state index contributed by atoms with van der Waals surface area (Å²) in [7, 11) is 0. The van der Waals surface area contributed by atoms with Crippen LogP contribution in [0.2, 0.25) is 0 Å². The number of piperidine rings is 1. The predicted octanol–water partition coefficient (Wildman–Crippen LogP) is 2.14. The van der Waals surface area contributed by atoms with Gasteiger partial charge in [-0.05, 0) is 31.9 Å². The number of carbonyl (C=O) groups is 1. The summed E-state index contributed by atoms with van der Waals surface area (Å²) in [5.41, 5.74) is 2.40. The summed E-state index contributed by atoms with van der Waals surface area (Å²) < 4.78 is 0. The highest BCUT2D eigenvalue weighted by molar-refractivity contribution is 5.76. The first kappa shape index (κ1) is 13.1. The van der Waals surface area contributed by atoms with Gasteiger partial charge in [-0.15, -0.1) is 0 Å². The van der Waals surface area contributed by atoms with Crippen molar-refractivity contribution in [2.75, 3.05) is 6.54 Å². The molecule has 1 heterocycles. The standard InChI is InChI=1S/C15H22N2O/c1-12-5-7-13(8-6-12)11-17-15(18)10-14-4-2-3-9-16-14/h5-8,14,16H,2-4,9-11H2,1H3,(H,17,18). The molecule has 1 aromatic rings. The third-order valence-corrected chi connectivity index (χ3v) is 3.45. The van der Waals surface area contributed by atoms with E-state index in [1.54, 1.807) is 0 Å². The van der Waals surface area contributed by atoms with E-state index in [1.165, 1.54) is 18.4 Å². The molecule has 3 heteroatoms. The molecule has 0 saturated carbocycles. The fourth-order valence-corrected chi connectivity index (χ4v) is 2.30. The fraction of sp³-hybridized carbons (Fsp3) is 0.533. The molecule has 1 unspecified atom stereocenters. The molecule has 1 atom stereocenters. The number of benzene rings is 1. The molecule has 0 bridgehead atoms. The zero-order valence-corrected chi connectivity index (χ0v) is 11.0. The van der Waals surface area contributed by atoms with Crippen LogP contribution in [-0.4, -0.2) is 18.5 Å². The van der Waals surface area contributed by atoms with Crippen molar-refractivity contribution in [3.63, 3.8) is 0 Å². The van der Waals surface area contributed by atoms with Gasteiger partial charge in [-0.1, -0.05) is 36.2 Å². The number of carbonyl (C=O) groups excluding carboxylic acids is 1. The maximum atomic E-state index is 11.8. The second kappa shape index (κ2) is 6.55. The maximum absolute atomic E-state index is 11.8. The summed E-state index contributed by atoms with van der Waals surface area (Å²) in [5, 5.41) is 6.38. The van der Waals surface area contributed by atoms with Crippen molar-refractivity contribution in [3.05, 3.63) is 35.4 Å². The number of aryl methyl sites for hydroxylation is 1. The van der Waals surface area contributed by atoms with Crippen molar-refractivity contribution in [2.24, 2.45) is 0 Å². The minimum atomic E-state index is 0.148. The van der Waals surface area contributed by atoms with Crippen LogP contribution in [0.4, 0.5) is 0 Å². The molecule has 0 spiro atoms. The Bertz CT molecular complexity index is 380. The van der Waals surface area contributed by atoms with Gasteiger partial charge >= 0.3 is 0 Å². The third-order valence-electron chi connectivity index (χ3n) is 3.45. The molecule has 2 rings (SSSR count). The Labute approximate surface area is 109 Å². The molecular formula is C15H22N2O. The van der Waals surface area contributed by atoms with Crippen LogP contribution in [0.1, 0.15) is 36.8 Å². The van der Waals surface area contributed by atoms with E-state index in [0.717, 1.165) is 18.5 Å². The van der Waals surface area contributed by atoms with Crippen LogP contribution in [-0.2, 0) is 11.3 Å². The van der Waals surface area contributed by atoms with E-state index >= 15 is 0 Å². The second-order valence-electron chi connectivity index (χ2n) is 5.11. The monoisotopic (exact) mass is 246 g/mol. The number of hydrogen-bond acceptors (Lipinski definition) is 2. The van der Waals surface area contributed by atoms with Crippen LogP contribution in [0, 0.1) is 6.92 Å². The van der Waals surface area contributed by atoms with Crippen molar-refractivity contribution in [3.8, 4) is 0 Å². The van der Waals surface area contributed by atoms with Crippen molar-refractivity contribution in [1.29, 1.82) is 0 Å². The Kier molecular flexibility index (Phi) is 4.76. The van der Waals surface area contributed by atoms with E-state index in [1.807, 2.05) is 0 Å². The molecule has 1 saturated heterocycles. The lowest BCUT2D eigenvalue weighted by atomic mass is 10.0. The number of nitrogens with one attached hydrogen (secondary N) is 2. The Hall–Kier alpha value is -1.35. The average molecular weight is 246 g/mol. The lowest BCUT2D eigenvalue weighted by Crippen LogP contribution is -2.38. The Balaban J connectivity index is 1.72. The Morgan fingerprint density at radius 2 is 2.11 bits per heavy atom.